The molecular weight excluding hydrogens is 261 g/mol. The maximum atomic E-state index is 12.1. The molecule has 0 bridgehead atoms. The molecule has 1 aromatic carbocycles. The number of Topliss-reactive ketones (excluding diaryl/α,β-unsaturated/α-hetero) is 1. The first-order chi connectivity index (χ1) is 8.08. The largest absolute Gasteiger partial charge is 0.346 e. The first-order valence-corrected chi connectivity index (χ1v) is 6.12. The van der Waals surface area contributed by atoms with E-state index in [1.54, 1.807) is 12.1 Å². The monoisotopic (exact) mass is 271 g/mol. The zero-order valence-electron chi connectivity index (χ0n) is 9.00. The van der Waals surface area contributed by atoms with Crippen molar-refractivity contribution in [3.63, 3.8) is 0 Å². The number of nitrogens with one attached hydrogen (secondary N) is 1. The van der Waals surface area contributed by atoms with E-state index >= 15 is 0 Å². The van der Waals surface area contributed by atoms with Crippen LogP contribution < -0.4 is 5.32 Å². The highest BCUT2D eigenvalue weighted by Gasteiger charge is 2.26. The number of ketones is 1. The van der Waals surface area contributed by atoms with Gasteiger partial charge in [-0.1, -0.05) is 23.2 Å². The number of hydrogen-bond acceptors (Lipinski definition) is 2. The van der Waals surface area contributed by atoms with Crippen molar-refractivity contribution in [1.29, 1.82) is 0 Å². The van der Waals surface area contributed by atoms with Crippen LogP contribution >= 0.6 is 23.2 Å². The Hall–Kier alpha value is -1.06. The Balaban J connectivity index is 2.21. The quantitative estimate of drug-likeness (QED) is 0.841. The molecule has 3 nitrogen and oxygen atoms in total. The molecule has 1 fully saturated rings. The van der Waals surface area contributed by atoms with E-state index < -0.39 is 6.04 Å². The van der Waals surface area contributed by atoms with Gasteiger partial charge in [0.15, 0.2) is 5.78 Å². The minimum absolute atomic E-state index is 0.0836. The predicted octanol–water partition coefficient (Wildman–Crippen LogP) is 2.84. The van der Waals surface area contributed by atoms with Gasteiger partial charge in [-0.2, -0.15) is 0 Å². The Labute approximate surface area is 109 Å². The van der Waals surface area contributed by atoms with Crippen molar-refractivity contribution in [2.75, 3.05) is 0 Å². The van der Waals surface area contributed by atoms with Crippen LogP contribution in [-0.4, -0.2) is 17.7 Å². The van der Waals surface area contributed by atoms with Gasteiger partial charge in [-0.15, -0.1) is 0 Å². The summed E-state index contributed by atoms with van der Waals surface area (Å²) in [7, 11) is 0. The molecule has 0 radical (unpaired) electrons. The van der Waals surface area contributed by atoms with Crippen LogP contribution in [0.2, 0.25) is 10.0 Å². The van der Waals surface area contributed by atoms with E-state index in [-0.39, 0.29) is 11.7 Å². The molecule has 0 spiro atoms. The molecule has 17 heavy (non-hydrogen) atoms. The normalized spacial score (nSPS) is 19.9. The van der Waals surface area contributed by atoms with Crippen molar-refractivity contribution in [2.24, 2.45) is 0 Å². The molecule has 1 unspecified atom stereocenters. The van der Waals surface area contributed by atoms with Crippen molar-refractivity contribution in [3.05, 3.63) is 33.8 Å². The Morgan fingerprint density at radius 3 is 2.76 bits per heavy atom. The average molecular weight is 272 g/mol. The highest BCUT2D eigenvalue weighted by molar-refractivity contribution is 6.37. The Bertz CT molecular complexity index is 474. The van der Waals surface area contributed by atoms with Crippen LogP contribution in [-0.2, 0) is 4.79 Å². The highest BCUT2D eigenvalue weighted by atomic mass is 35.5. The van der Waals surface area contributed by atoms with Gasteiger partial charge in [0.1, 0.15) is 0 Å². The Kier molecular flexibility index (Phi) is 3.69. The van der Waals surface area contributed by atoms with Crippen LogP contribution in [0.1, 0.15) is 29.6 Å². The first-order valence-electron chi connectivity index (χ1n) is 5.36. The van der Waals surface area contributed by atoms with Crippen molar-refractivity contribution in [1.82, 2.24) is 5.32 Å². The molecule has 1 amide bonds. The number of carbonyl (C=O) groups is 2. The second-order valence-corrected chi connectivity index (χ2v) is 4.84. The van der Waals surface area contributed by atoms with Gasteiger partial charge in [-0.05, 0) is 31.0 Å². The lowest BCUT2D eigenvalue weighted by Crippen LogP contribution is -2.44. The van der Waals surface area contributed by atoms with Gasteiger partial charge < -0.3 is 5.32 Å². The second-order valence-electron chi connectivity index (χ2n) is 4.00. The lowest BCUT2D eigenvalue weighted by molar-refractivity contribution is -0.122. The number of halogens is 2. The molecule has 0 aromatic heterocycles. The molecular formula is C12H11Cl2NO2. The summed E-state index contributed by atoms with van der Waals surface area (Å²) in [5, 5.41) is 3.48. The van der Waals surface area contributed by atoms with Gasteiger partial charge in [0, 0.05) is 17.0 Å². The molecule has 5 heteroatoms. The zero-order valence-corrected chi connectivity index (χ0v) is 10.5. The predicted molar refractivity (Wildman–Crippen MR) is 66.6 cm³/mol. The molecule has 1 heterocycles. The van der Waals surface area contributed by atoms with Gasteiger partial charge in [-0.3, -0.25) is 9.59 Å². The molecule has 1 atom stereocenters. The number of piperidine rings is 1. The highest BCUT2D eigenvalue weighted by Crippen LogP contribution is 2.23. The fourth-order valence-electron chi connectivity index (χ4n) is 1.88. The first kappa shape index (κ1) is 12.4. The second kappa shape index (κ2) is 5.07. The van der Waals surface area contributed by atoms with Gasteiger partial charge in [0.25, 0.3) is 0 Å². The molecule has 90 valence electrons. The summed E-state index contributed by atoms with van der Waals surface area (Å²) in [5.74, 6) is -0.237. The number of amides is 1. The van der Waals surface area contributed by atoms with Gasteiger partial charge in [-0.25, -0.2) is 0 Å². The standard InChI is InChI=1S/C12H11Cl2NO2/c13-7-4-5-8(9(14)6-7)12(17)10-2-1-3-11(16)15-10/h4-6,10H,1-3H2,(H,15,16). The van der Waals surface area contributed by atoms with Crippen LogP contribution in [0.25, 0.3) is 0 Å². The molecule has 2 rings (SSSR count). The molecule has 0 saturated carbocycles. The molecule has 0 aliphatic carbocycles. The summed E-state index contributed by atoms with van der Waals surface area (Å²) >= 11 is 11.7. The summed E-state index contributed by atoms with van der Waals surface area (Å²) in [5.41, 5.74) is 0.406. The SMILES string of the molecule is O=C1CCCC(C(=O)c2ccc(Cl)cc2Cl)N1. The van der Waals surface area contributed by atoms with Gasteiger partial charge in [0.05, 0.1) is 11.1 Å². The summed E-state index contributed by atoms with van der Waals surface area (Å²) in [6, 6.07) is 4.27. The summed E-state index contributed by atoms with van der Waals surface area (Å²) in [6.07, 6.45) is 1.87. The third-order valence-corrected chi connectivity index (χ3v) is 3.29. The molecule has 1 saturated heterocycles. The fourth-order valence-corrected chi connectivity index (χ4v) is 2.38. The van der Waals surface area contributed by atoms with E-state index in [9.17, 15) is 9.59 Å². The third-order valence-electron chi connectivity index (χ3n) is 2.74. The molecule has 1 aliphatic heterocycles. The number of benzene rings is 1. The lowest BCUT2D eigenvalue weighted by atomic mass is 9.96. The maximum absolute atomic E-state index is 12.1. The van der Waals surface area contributed by atoms with E-state index in [2.05, 4.69) is 5.32 Å². The van der Waals surface area contributed by atoms with Crippen molar-refractivity contribution in [2.45, 2.75) is 25.3 Å². The number of hydrogen-bond donors (Lipinski definition) is 1. The Morgan fingerprint density at radius 1 is 1.35 bits per heavy atom. The van der Waals surface area contributed by atoms with Crippen molar-refractivity contribution < 1.29 is 9.59 Å². The average Bonchev–Trinajstić information content (AvgIpc) is 2.28. The summed E-state index contributed by atoms with van der Waals surface area (Å²) in [6.45, 7) is 0. The van der Waals surface area contributed by atoms with E-state index in [0.29, 0.717) is 28.5 Å². The summed E-state index contributed by atoms with van der Waals surface area (Å²) < 4.78 is 0. The van der Waals surface area contributed by atoms with Crippen molar-refractivity contribution >= 4 is 34.9 Å². The number of rotatable bonds is 2. The minimum atomic E-state index is -0.463. The van der Waals surface area contributed by atoms with Crippen LogP contribution in [0.4, 0.5) is 0 Å². The molecule has 1 aliphatic rings. The van der Waals surface area contributed by atoms with E-state index in [4.69, 9.17) is 23.2 Å². The van der Waals surface area contributed by atoms with E-state index in [1.165, 1.54) is 6.07 Å². The van der Waals surface area contributed by atoms with Crippen LogP contribution in [0.3, 0.4) is 0 Å². The van der Waals surface area contributed by atoms with Crippen molar-refractivity contribution in [3.8, 4) is 0 Å². The van der Waals surface area contributed by atoms with Crippen LogP contribution in [0, 0.1) is 0 Å². The van der Waals surface area contributed by atoms with Gasteiger partial charge in [0.2, 0.25) is 5.91 Å². The maximum Gasteiger partial charge on any atom is 0.220 e. The zero-order chi connectivity index (χ0) is 12.4. The minimum Gasteiger partial charge on any atom is -0.346 e. The van der Waals surface area contributed by atoms with Crippen LogP contribution in [0.15, 0.2) is 18.2 Å². The topological polar surface area (TPSA) is 46.2 Å². The van der Waals surface area contributed by atoms with Crippen LogP contribution in [0.5, 0.6) is 0 Å². The van der Waals surface area contributed by atoms with E-state index in [1.807, 2.05) is 0 Å². The number of carbonyl (C=O) groups excluding carboxylic acids is 2. The molecule has 1 N–H and O–H groups in total. The summed E-state index contributed by atoms with van der Waals surface area (Å²) in [4.78, 5) is 23.4. The van der Waals surface area contributed by atoms with E-state index in [0.717, 1.165) is 6.42 Å². The van der Waals surface area contributed by atoms with Gasteiger partial charge >= 0.3 is 0 Å². The Morgan fingerprint density at radius 2 is 2.12 bits per heavy atom. The lowest BCUT2D eigenvalue weighted by Gasteiger charge is -2.22. The third kappa shape index (κ3) is 2.79. The fraction of sp³-hybridized carbons (Fsp3) is 0.333. The smallest absolute Gasteiger partial charge is 0.220 e. The molecule has 1 aromatic rings.